The van der Waals surface area contributed by atoms with E-state index < -0.39 is 0 Å². The molecule has 2 N–H and O–H groups in total. The number of aryl methyl sites for hydroxylation is 1. The van der Waals surface area contributed by atoms with E-state index in [4.69, 9.17) is 9.47 Å². The molecule has 1 aliphatic rings. The first kappa shape index (κ1) is 20.1. The Kier molecular flexibility index (Phi) is 7.18. The van der Waals surface area contributed by atoms with Crippen LogP contribution in [0.5, 0.6) is 11.5 Å². The summed E-state index contributed by atoms with van der Waals surface area (Å²) in [5, 5.41) is 6.56. The summed E-state index contributed by atoms with van der Waals surface area (Å²) in [5.74, 6) is 1.52. The van der Waals surface area contributed by atoms with Gasteiger partial charge in [-0.2, -0.15) is 0 Å². The van der Waals surface area contributed by atoms with E-state index in [2.05, 4.69) is 10.6 Å². The van der Waals surface area contributed by atoms with Crippen LogP contribution in [0.1, 0.15) is 44.1 Å². The highest BCUT2D eigenvalue weighted by Crippen LogP contribution is 2.26. The van der Waals surface area contributed by atoms with Crippen molar-refractivity contribution in [2.24, 2.45) is 0 Å². The second-order valence-electron chi connectivity index (χ2n) is 7.28. The Morgan fingerprint density at radius 3 is 2.36 bits per heavy atom. The van der Waals surface area contributed by atoms with Crippen molar-refractivity contribution < 1.29 is 14.3 Å². The van der Waals surface area contributed by atoms with Crippen molar-refractivity contribution in [3.05, 3.63) is 48.0 Å². The molecule has 3 rings (SSSR count). The molecule has 0 bridgehead atoms. The van der Waals surface area contributed by atoms with E-state index in [0.717, 1.165) is 28.4 Å². The Bertz CT molecular complexity index is 768. The van der Waals surface area contributed by atoms with Gasteiger partial charge in [0.15, 0.2) is 0 Å². The number of rotatable bonds is 8. The zero-order chi connectivity index (χ0) is 19.8. The van der Waals surface area contributed by atoms with Crippen molar-refractivity contribution >= 4 is 17.3 Å². The van der Waals surface area contributed by atoms with E-state index in [-0.39, 0.29) is 5.91 Å². The normalized spacial score (nSPS) is 14.4. The molecule has 0 saturated heterocycles. The van der Waals surface area contributed by atoms with Gasteiger partial charge in [-0.05, 0) is 67.3 Å². The third-order valence-electron chi connectivity index (χ3n) is 5.25. The van der Waals surface area contributed by atoms with Crippen LogP contribution in [0, 0.1) is 0 Å². The first-order valence-electron chi connectivity index (χ1n) is 10.1. The molecule has 2 aromatic rings. The van der Waals surface area contributed by atoms with E-state index in [9.17, 15) is 4.79 Å². The number of hydrogen-bond acceptors (Lipinski definition) is 4. The number of carbonyl (C=O) groups is 1. The molecule has 0 atom stereocenters. The van der Waals surface area contributed by atoms with Crippen LogP contribution in [0.25, 0.3) is 0 Å². The summed E-state index contributed by atoms with van der Waals surface area (Å²) in [4.78, 5) is 12.3. The summed E-state index contributed by atoms with van der Waals surface area (Å²) in [6.07, 6.45) is 7.43. The van der Waals surface area contributed by atoms with Crippen molar-refractivity contribution in [2.45, 2.75) is 51.0 Å². The summed E-state index contributed by atoms with van der Waals surface area (Å²) >= 11 is 0. The molecule has 1 amide bonds. The number of carbonyl (C=O) groups excluding carboxylic acids is 1. The number of nitrogens with one attached hydrogen (secondary N) is 2. The lowest BCUT2D eigenvalue weighted by molar-refractivity contribution is -0.116. The van der Waals surface area contributed by atoms with Gasteiger partial charge in [-0.3, -0.25) is 4.79 Å². The zero-order valence-corrected chi connectivity index (χ0v) is 16.8. The fourth-order valence-electron chi connectivity index (χ4n) is 3.68. The molecule has 1 saturated carbocycles. The molecule has 28 heavy (non-hydrogen) atoms. The molecule has 0 radical (unpaired) electrons. The van der Waals surface area contributed by atoms with Crippen LogP contribution in [0.2, 0.25) is 0 Å². The molecule has 0 heterocycles. The van der Waals surface area contributed by atoms with Crippen LogP contribution in [0.3, 0.4) is 0 Å². The fourth-order valence-corrected chi connectivity index (χ4v) is 3.68. The SMILES string of the molecule is COc1ccc(OC)c(CCC(=O)Nc2ccc(NC3CCCCC3)cc2)c1. The third kappa shape index (κ3) is 5.65. The number of methoxy groups -OCH3 is 2. The standard InChI is InChI=1S/C23H30N2O3/c1-27-21-13-14-22(28-2)17(16-21)8-15-23(26)25-20-11-9-19(10-12-20)24-18-6-4-3-5-7-18/h9-14,16,18,24H,3-8,15H2,1-2H3,(H,25,26). The van der Waals surface area contributed by atoms with E-state index in [0.29, 0.717) is 18.9 Å². The molecule has 0 aliphatic heterocycles. The number of anilines is 2. The highest BCUT2D eigenvalue weighted by atomic mass is 16.5. The van der Waals surface area contributed by atoms with Crippen LogP contribution in [-0.4, -0.2) is 26.2 Å². The predicted molar refractivity (Wildman–Crippen MR) is 113 cm³/mol. The second kappa shape index (κ2) is 10.0. The smallest absolute Gasteiger partial charge is 0.224 e. The Morgan fingerprint density at radius 1 is 0.964 bits per heavy atom. The summed E-state index contributed by atoms with van der Waals surface area (Å²) in [5.41, 5.74) is 2.90. The minimum Gasteiger partial charge on any atom is -0.497 e. The molecule has 5 heteroatoms. The highest BCUT2D eigenvalue weighted by Gasteiger charge is 2.13. The summed E-state index contributed by atoms with van der Waals surface area (Å²) in [7, 11) is 3.26. The molecule has 0 aromatic heterocycles. The number of ether oxygens (including phenoxy) is 2. The molecule has 5 nitrogen and oxygen atoms in total. The highest BCUT2D eigenvalue weighted by molar-refractivity contribution is 5.91. The van der Waals surface area contributed by atoms with Crippen LogP contribution < -0.4 is 20.1 Å². The van der Waals surface area contributed by atoms with Gasteiger partial charge in [0.2, 0.25) is 5.91 Å². The molecule has 1 aliphatic carbocycles. The van der Waals surface area contributed by atoms with Gasteiger partial charge in [-0.25, -0.2) is 0 Å². The summed E-state index contributed by atoms with van der Waals surface area (Å²) in [6.45, 7) is 0. The fraction of sp³-hybridized carbons (Fsp3) is 0.435. The minimum absolute atomic E-state index is 0.0159. The maximum Gasteiger partial charge on any atom is 0.224 e. The van der Waals surface area contributed by atoms with Crippen molar-refractivity contribution in [1.29, 1.82) is 0 Å². The third-order valence-corrected chi connectivity index (χ3v) is 5.25. The second-order valence-corrected chi connectivity index (χ2v) is 7.28. The summed E-state index contributed by atoms with van der Waals surface area (Å²) in [6, 6.07) is 14.2. The predicted octanol–water partition coefficient (Wildman–Crippen LogP) is 5.02. The summed E-state index contributed by atoms with van der Waals surface area (Å²) < 4.78 is 10.6. The van der Waals surface area contributed by atoms with E-state index >= 15 is 0 Å². The van der Waals surface area contributed by atoms with E-state index in [1.807, 2.05) is 42.5 Å². The Hall–Kier alpha value is -2.69. The van der Waals surface area contributed by atoms with Crippen LogP contribution in [0.15, 0.2) is 42.5 Å². The molecule has 2 aromatic carbocycles. The molecule has 0 unspecified atom stereocenters. The molecule has 1 fully saturated rings. The van der Waals surface area contributed by atoms with Crippen molar-refractivity contribution in [2.75, 3.05) is 24.9 Å². The molecule has 0 spiro atoms. The topological polar surface area (TPSA) is 59.6 Å². The van der Waals surface area contributed by atoms with Crippen LogP contribution >= 0.6 is 0 Å². The van der Waals surface area contributed by atoms with Crippen molar-refractivity contribution in [3.8, 4) is 11.5 Å². The average molecular weight is 383 g/mol. The minimum atomic E-state index is -0.0159. The maximum absolute atomic E-state index is 12.3. The van der Waals surface area contributed by atoms with Crippen molar-refractivity contribution in [1.82, 2.24) is 0 Å². The monoisotopic (exact) mass is 382 g/mol. The first-order chi connectivity index (χ1) is 13.7. The lowest BCUT2D eigenvalue weighted by Gasteiger charge is -2.23. The average Bonchev–Trinajstić information content (AvgIpc) is 2.74. The van der Waals surface area contributed by atoms with Gasteiger partial charge in [-0.1, -0.05) is 19.3 Å². The van der Waals surface area contributed by atoms with Gasteiger partial charge in [0, 0.05) is 23.8 Å². The van der Waals surface area contributed by atoms with Crippen molar-refractivity contribution in [3.63, 3.8) is 0 Å². The van der Waals surface area contributed by atoms with Gasteiger partial charge in [0.1, 0.15) is 11.5 Å². The Morgan fingerprint density at radius 2 is 1.68 bits per heavy atom. The van der Waals surface area contributed by atoms with Gasteiger partial charge < -0.3 is 20.1 Å². The van der Waals surface area contributed by atoms with Gasteiger partial charge in [0.05, 0.1) is 14.2 Å². The quantitative estimate of drug-likeness (QED) is 0.673. The largest absolute Gasteiger partial charge is 0.497 e. The van der Waals surface area contributed by atoms with E-state index in [1.165, 1.54) is 32.1 Å². The Balaban J connectivity index is 1.50. The number of hydrogen-bond donors (Lipinski definition) is 2. The maximum atomic E-state index is 12.3. The molecular formula is C23H30N2O3. The lowest BCUT2D eigenvalue weighted by Crippen LogP contribution is -2.22. The van der Waals surface area contributed by atoms with E-state index in [1.54, 1.807) is 14.2 Å². The number of benzene rings is 2. The van der Waals surface area contributed by atoms with Crippen LogP contribution in [0.4, 0.5) is 11.4 Å². The molecule has 150 valence electrons. The zero-order valence-electron chi connectivity index (χ0n) is 16.8. The molecular weight excluding hydrogens is 352 g/mol. The Labute approximate surface area is 167 Å². The first-order valence-corrected chi connectivity index (χ1v) is 10.1. The van der Waals surface area contributed by atoms with Gasteiger partial charge in [0.25, 0.3) is 0 Å². The van der Waals surface area contributed by atoms with Crippen LogP contribution in [-0.2, 0) is 11.2 Å². The van der Waals surface area contributed by atoms with Gasteiger partial charge >= 0.3 is 0 Å². The van der Waals surface area contributed by atoms with Gasteiger partial charge in [-0.15, -0.1) is 0 Å². The lowest BCUT2D eigenvalue weighted by atomic mass is 9.95. The number of amides is 1.